The van der Waals surface area contributed by atoms with Gasteiger partial charge in [0.05, 0.1) is 5.41 Å². The Hall–Kier alpha value is -2.12. The smallest absolute Gasteiger partial charge is 0.315 e. The number of carbonyl (C=O) groups is 2. The molecular weight excluding hydrogens is 276 g/mol. The Morgan fingerprint density at radius 1 is 1.52 bits per heavy atom. The van der Waals surface area contributed by atoms with Gasteiger partial charge in [0.2, 0.25) is 5.89 Å². The fraction of sp³-hybridized carbons (Fsp3) is 0.692. The van der Waals surface area contributed by atoms with Gasteiger partial charge >= 0.3 is 12.0 Å². The molecule has 1 aromatic heterocycles. The van der Waals surface area contributed by atoms with Gasteiger partial charge in [0.15, 0.2) is 5.82 Å². The molecule has 1 saturated carbocycles. The van der Waals surface area contributed by atoms with E-state index >= 15 is 0 Å². The van der Waals surface area contributed by atoms with Gasteiger partial charge in [0, 0.05) is 25.9 Å². The van der Waals surface area contributed by atoms with E-state index in [9.17, 15) is 14.7 Å². The number of amides is 2. The van der Waals surface area contributed by atoms with Gasteiger partial charge in [-0.25, -0.2) is 4.79 Å². The van der Waals surface area contributed by atoms with E-state index < -0.39 is 11.4 Å². The van der Waals surface area contributed by atoms with Gasteiger partial charge in [-0.2, -0.15) is 4.98 Å². The van der Waals surface area contributed by atoms with Crippen molar-refractivity contribution >= 4 is 12.0 Å². The fourth-order valence-electron chi connectivity index (χ4n) is 2.59. The van der Waals surface area contributed by atoms with E-state index in [1.807, 2.05) is 0 Å². The summed E-state index contributed by atoms with van der Waals surface area (Å²) in [5.74, 6) is 0.147. The zero-order valence-corrected chi connectivity index (χ0v) is 12.2. The molecule has 0 aromatic carbocycles. The van der Waals surface area contributed by atoms with Crippen LogP contribution in [-0.4, -0.2) is 39.8 Å². The Labute approximate surface area is 122 Å². The first-order chi connectivity index (χ1) is 9.91. The SMILES string of the molecule is Cc1nc(CCNC(=O)NC2CCCC2(C)C(=O)O)no1. The van der Waals surface area contributed by atoms with Crippen molar-refractivity contribution in [3.63, 3.8) is 0 Å². The molecule has 0 spiro atoms. The van der Waals surface area contributed by atoms with Crippen LogP contribution in [0.5, 0.6) is 0 Å². The Morgan fingerprint density at radius 2 is 2.29 bits per heavy atom. The number of aromatic nitrogens is 2. The molecule has 2 unspecified atom stereocenters. The molecule has 0 bridgehead atoms. The summed E-state index contributed by atoms with van der Waals surface area (Å²) < 4.78 is 4.83. The van der Waals surface area contributed by atoms with Gasteiger partial charge in [0.25, 0.3) is 0 Å². The quantitative estimate of drug-likeness (QED) is 0.742. The third-order valence-electron chi connectivity index (χ3n) is 3.96. The highest BCUT2D eigenvalue weighted by atomic mass is 16.5. The van der Waals surface area contributed by atoms with Crippen molar-refractivity contribution < 1.29 is 19.2 Å². The van der Waals surface area contributed by atoms with Crippen LogP contribution in [0.4, 0.5) is 4.79 Å². The molecule has 0 aliphatic heterocycles. The lowest BCUT2D eigenvalue weighted by atomic mass is 9.85. The van der Waals surface area contributed by atoms with Crippen LogP contribution in [0.3, 0.4) is 0 Å². The van der Waals surface area contributed by atoms with Crippen LogP contribution < -0.4 is 10.6 Å². The molecule has 1 aromatic rings. The van der Waals surface area contributed by atoms with E-state index in [-0.39, 0.29) is 12.1 Å². The highest BCUT2D eigenvalue weighted by molar-refractivity contribution is 5.79. The van der Waals surface area contributed by atoms with Crippen LogP contribution in [0.1, 0.15) is 37.9 Å². The Balaban J connectivity index is 1.78. The standard InChI is InChI=1S/C13H20N4O4/c1-8-15-10(17-21-8)5-7-14-12(20)16-9-4-3-6-13(9,2)11(18)19/h9H,3-7H2,1-2H3,(H,18,19)(H2,14,16,20). The minimum atomic E-state index is -0.887. The summed E-state index contributed by atoms with van der Waals surface area (Å²) >= 11 is 0. The Bertz CT molecular complexity index is 530. The third-order valence-corrected chi connectivity index (χ3v) is 3.96. The lowest BCUT2D eigenvalue weighted by Crippen LogP contribution is -2.50. The van der Waals surface area contributed by atoms with Crippen LogP contribution in [0.2, 0.25) is 0 Å². The third kappa shape index (κ3) is 3.50. The summed E-state index contributed by atoms with van der Waals surface area (Å²) in [6, 6.07) is -0.711. The monoisotopic (exact) mass is 296 g/mol. The van der Waals surface area contributed by atoms with Crippen molar-refractivity contribution in [3.05, 3.63) is 11.7 Å². The Morgan fingerprint density at radius 3 is 2.90 bits per heavy atom. The molecule has 8 nitrogen and oxygen atoms in total. The van der Waals surface area contributed by atoms with E-state index in [1.165, 1.54) is 0 Å². The number of hydrogen-bond acceptors (Lipinski definition) is 5. The molecule has 1 fully saturated rings. The van der Waals surface area contributed by atoms with Crippen LogP contribution >= 0.6 is 0 Å². The second kappa shape index (κ2) is 6.11. The molecule has 21 heavy (non-hydrogen) atoms. The molecule has 0 radical (unpaired) electrons. The number of carboxylic acids is 1. The number of rotatable bonds is 5. The number of aryl methyl sites for hydroxylation is 1. The molecule has 1 aliphatic rings. The second-order valence-corrected chi connectivity index (χ2v) is 5.55. The molecule has 116 valence electrons. The number of nitrogens with one attached hydrogen (secondary N) is 2. The van der Waals surface area contributed by atoms with E-state index in [0.717, 1.165) is 6.42 Å². The number of urea groups is 1. The van der Waals surface area contributed by atoms with E-state index in [2.05, 4.69) is 20.8 Å². The molecule has 2 amide bonds. The molecule has 1 heterocycles. The predicted octanol–water partition coefficient (Wildman–Crippen LogP) is 0.863. The highest BCUT2D eigenvalue weighted by Crippen LogP contribution is 2.38. The van der Waals surface area contributed by atoms with Gasteiger partial charge in [0.1, 0.15) is 0 Å². The second-order valence-electron chi connectivity index (χ2n) is 5.55. The van der Waals surface area contributed by atoms with Gasteiger partial charge in [-0.1, -0.05) is 11.6 Å². The summed E-state index contributed by atoms with van der Waals surface area (Å²) in [5, 5.41) is 18.4. The first kappa shape index (κ1) is 15.3. The van der Waals surface area contributed by atoms with E-state index in [4.69, 9.17) is 4.52 Å². The van der Waals surface area contributed by atoms with Crippen molar-refractivity contribution in [2.45, 2.75) is 45.6 Å². The van der Waals surface area contributed by atoms with Gasteiger partial charge in [-0.15, -0.1) is 0 Å². The average Bonchev–Trinajstić information content (AvgIpc) is 2.98. The van der Waals surface area contributed by atoms with Crippen molar-refractivity contribution in [1.82, 2.24) is 20.8 Å². The number of carboxylic acid groups (broad SMARTS) is 1. The number of aliphatic carboxylic acids is 1. The summed E-state index contributed by atoms with van der Waals surface area (Å²) in [5.41, 5.74) is -0.887. The molecule has 1 aliphatic carbocycles. The van der Waals surface area contributed by atoms with Crippen LogP contribution in [0.15, 0.2) is 4.52 Å². The largest absolute Gasteiger partial charge is 0.481 e. The van der Waals surface area contributed by atoms with E-state index in [0.29, 0.717) is 37.5 Å². The van der Waals surface area contributed by atoms with Crippen LogP contribution in [0, 0.1) is 12.3 Å². The van der Waals surface area contributed by atoms with Crippen LogP contribution in [0.25, 0.3) is 0 Å². The summed E-state index contributed by atoms with van der Waals surface area (Å²) in [4.78, 5) is 27.2. The van der Waals surface area contributed by atoms with Crippen molar-refractivity contribution in [2.24, 2.45) is 5.41 Å². The average molecular weight is 296 g/mol. The molecule has 8 heteroatoms. The topological polar surface area (TPSA) is 117 Å². The number of hydrogen-bond donors (Lipinski definition) is 3. The first-order valence-corrected chi connectivity index (χ1v) is 6.99. The van der Waals surface area contributed by atoms with Crippen molar-refractivity contribution in [1.29, 1.82) is 0 Å². The molecule has 0 saturated heterocycles. The molecule has 2 atom stereocenters. The number of nitrogens with zero attached hydrogens (tertiary/aromatic N) is 2. The first-order valence-electron chi connectivity index (χ1n) is 6.99. The minimum Gasteiger partial charge on any atom is -0.481 e. The molecule has 2 rings (SSSR count). The maximum Gasteiger partial charge on any atom is 0.315 e. The maximum atomic E-state index is 11.8. The van der Waals surface area contributed by atoms with Crippen molar-refractivity contribution in [3.8, 4) is 0 Å². The van der Waals surface area contributed by atoms with Crippen molar-refractivity contribution in [2.75, 3.05) is 6.54 Å². The lowest BCUT2D eigenvalue weighted by molar-refractivity contribution is -0.148. The lowest BCUT2D eigenvalue weighted by Gasteiger charge is -2.27. The summed E-state index contributed by atoms with van der Waals surface area (Å²) in [6.07, 6.45) is 2.52. The number of carbonyl (C=O) groups excluding carboxylic acids is 1. The predicted molar refractivity (Wildman–Crippen MR) is 72.7 cm³/mol. The maximum absolute atomic E-state index is 11.8. The zero-order valence-electron chi connectivity index (χ0n) is 12.2. The zero-order chi connectivity index (χ0) is 15.5. The van der Waals surface area contributed by atoms with Gasteiger partial charge in [-0.3, -0.25) is 4.79 Å². The fourth-order valence-corrected chi connectivity index (χ4v) is 2.59. The normalized spacial score (nSPS) is 24.8. The van der Waals surface area contributed by atoms with E-state index in [1.54, 1.807) is 13.8 Å². The van der Waals surface area contributed by atoms with Gasteiger partial charge < -0.3 is 20.3 Å². The molecular formula is C13H20N4O4. The molecule has 3 N–H and O–H groups in total. The summed E-state index contributed by atoms with van der Waals surface area (Å²) in [6.45, 7) is 3.74. The highest BCUT2D eigenvalue weighted by Gasteiger charge is 2.45. The van der Waals surface area contributed by atoms with Crippen LogP contribution in [-0.2, 0) is 11.2 Å². The minimum absolute atomic E-state index is 0.345. The Kier molecular flexibility index (Phi) is 4.44. The van der Waals surface area contributed by atoms with Gasteiger partial charge in [-0.05, 0) is 19.8 Å². The summed E-state index contributed by atoms with van der Waals surface area (Å²) in [7, 11) is 0.